The Balaban J connectivity index is 1.73. The number of hydrogen-bond donors (Lipinski definition) is 2. The largest absolute Gasteiger partial charge is 0.379 e. The highest BCUT2D eigenvalue weighted by atomic mass is 16.5. The summed E-state index contributed by atoms with van der Waals surface area (Å²) >= 11 is 0. The fourth-order valence-electron chi connectivity index (χ4n) is 3.89. The fourth-order valence-corrected chi connectivity index (χ4v) is 3.89. The van der Waals surface area contributed by atoms with Crippen LogP contribution in [0.4, 0.5) is 5.69 Å². The van der Waals surface area contributed by atoms with Crippen LogP contribution in [0.1, 0.15) is 47.8 Å². The molecule has 8 heteroatoms. The summed E-state index contributed by atoms with van der Waals surface area (Å²) in [5, 5.41) is 5.84. The van der Waals surface area contributed by atoms with Crippen LogP contribution < -0.4 is 10.6 Å². The highest BCUT2D eigenvalue weighted by molar-refractivity contribution is 6.08. The quantitative estimate of drug-likeness (QED) is 0.791. The van der Waals surface area contributed by atoms with Gasteiger partial charge in [-0.05, 0) is 31.4 Å². The smallest absolute Gasteiger partial charge is 0.253 e. The molecule has 8 nitrogen and oxygen atoms in total. The molecule has 1 atom stereocenters. The molecule has 0 radical (unpaired) electrons. The molecule has 4 rings (SSSR count). The summed E-state index contributed by atoms with van der Waals surface area (Å²) in [6.07, 6.45) is 4.25. The van der Waals surface area contributed by atoms with E-state index >= 15 is 0 Å². The number of ether oxygens (including phenoxy) is 2. The van der Waals surface area contributed by atoms with Crippen LogP contribution in [0.2, 0.25) is 0 Å². The van der Waals surface area contributed by atoms with Crippen molar-refractivity contribution in [2.24, 2.45) is 7.05 Å². The molecular weight excluding hydrogens is 360 g/mol. The molecule has 2 N–H and O–H groups in total. The monoisotopic (exact) mass is 386 g/mol. The summed E-state index contributed by atoms with van der Waals surface area (Å²) < 4.78 is 12.3. The maximum atomic E-state index is 13.0. The Morgan fingerprint density at radius 2 is 2.14 bits per heavy atom. The zero-order valence-corrected chi connectivity index (χ0v) is 16.3. The van der Waals surface area contributed by atoms with Gasteiger partial charge >= 0.3 is 0 Å². The standard InChI is InChI=1S/C20H26N4O4/c1-24-18-15(20(26)22-13-6-7-28-10-13)8-14(21-17(25)11-27-2)9-16(18)23-19(24)12-4-3-5-12/h8-9,12-13H,3-7,10-11H2,1-2H3,(H,21,25)(H,22,26)/t13-/m0/s1. The van der Waals surface area contributed by atoms with Crippen LogP contribution >= 0.6 is 0 Å². The lowest BCUT2D eigenvalue weighted by molar-refractivity contribution is -0.119. The average molecular weight is 386 g/mol. The molecule has 2 aliphatic rings. The number of rotatable bonds is 6. The van der Waals surface area contributed by atoms with E-state index < -0.39 is 0 Å². The third-order valence-electron chi connectivity index (χ3n) is 5.54. The molecule has 0 unspecified atom stereocenters. The predicted molar refractivity (Wildman–Crippen MR) is 105 cm³/mol. The van der Waals surface area contributed by atoms with Gasteiger partial charge in [-0.15, -0.1) is 0 Å². The minimum atomic E-state index is -0.271. The van der Waals surface area contributed by atoms with Gasteiger partial charge in [0, 0.05) is 32.4 Å². The summed E-state index contributed by atoms with van der Waals surface area (Å²) in [4.78, 5) is 29.8. The van der Waals surface area contributed by atoms with Crippen molar-refractivity contribution in [2.45, 2.75) is 37.6 Å². The van der Waals surface area contributed by atoms with E-state index in [1.165, 1.54) is 13.5 Å². The van der Waals surface area contributed by atoms with E-state index in [1.807, 2.05) is 17.7 Å². The highest BCUT2D eigenvalue weighted by Crippen LogP contribution is 2.37. The second kappa shape index (κ2) is 7.89. The van der Waals surface area contributed by atoms with E-state index in [0.29, 0.717) is 35.9 Å². The first-order chi connectivity index (χ1) is 13.6. The third-order valence-corrected chi connectivity index (χ3v) is 5.54. The zero-order valence-electron chi connectivity index (χ0n) is 16.3. The van der Waals surface area contributed by atoms with Gasteiger partial charge in [0.25, 0.3) is 5.91 Å². The van der Waals surface area contributed by atoms with Crippen molar-refractivity contribution in [2.75, 3.05) is 32.2 Å². The lowest BCUT2D eigenvalue weighted by Crippen LogP contribution is -2.35. The molecule has 1 saturated heterocycles. The predicted octanol–water partition coefficient (Wildman–Crippen LogP) is 1.94. The molecule has 0 bridgehead atoms. The molecule has 150 valence electrons. The second-order valence-corrected chi connectivity index (χ2v) is 7.56. The first kappa shape index (κ1) is 18.9. The molecule has 1 aliphatic heterocycles. The van der Waals surface area contributed by atoms with Crippen LogP contribution in [-0.4, -0.2) is 54.3 Å². The van der Waals surface area contributed by atoms with Gasteiger partial charge in [0.2, 0.25) is 5.91 Å². The minimum Gasteiger partial charge on any atom is -0.379 e. The maximum Gasteiger partial charge on any atom is 0.253 e. The van der Waals surface area contributed by atoms with Crippen LogP contribution in [0.3, 0.4) is 0 Å². The molecule has 1 aliphatic carbocycles. The summed E-state index contributed by atoms with van der Waals surface area (Å²) in [6.45, 7) is 1.14. The Morgan fingerprint density at radius 1 is 1.32 bits per heavy atom. The van der Waals surface area contributed by atoms with E-state index in [-0.39, 0.29) is 24.5 Å². The number of aromatic nitrogens is 2. The Morgan fingerprint density at radius 3 is 2.79 bits per heavy atom. The number of carbonyl (C=O) groups is 2. The first-order valence-corrected chi connectivity index (χ1v) is 9.74. The van der Waals surface area contributed by atoms with Gasteiger partial charge in [-0.1, -0.05) is 6.42 Å². The fraction of sp³-hybridized carbons (Fsp3) is 0.550. The molecule has 2 amide bonds. The van der Waals surface area contributed by atoms with Crippen LogP contribution in [0.15, 0.2) is 12.1 Å². The second-order valence-electron chi connectivity index (χ2n) is 7.56. The highest BCUT2D eigenvalue weighted by Gasteiger charge is 2.28. The number of benzene rings is 1. The van der Waals surface area contributed by atoms with E-state index in [0.717, 1.165) is 30.6 Å². The normalized spacial score (nSPS) is 19.6. The number of amides is 2. The molecule has 28 heavy (non-hydrogen) atoms. The van der Waals surface area contributed by atoms with Gasteiger partial charge in [-0.25, -0.2) is 4.98 Å². The number of anilines is 1. The van der Waals surface area contributed by atoms with Gasteiger partial charge in [0.05, 0.1) is 29.2 Å². The summed E-state index contributed by atoms with van der Waals surface area (Å²) in [7, 11) is 3.43. The SMILES string of the molecule is COCC(=O)Nc1cc(C(=O)N[C@H]2CCOC2)c2c(c1)nc(C1CCC1)n2C. The summed E-state index contributed by atoms with van der Waals surface area (Å²) in [5.74, 6) is 0.988. The Hall–Kier alpha value is -2.45. The number of nitrogens with zero attached hydrogens (tertiary/aromatic N) is 2. The number of fused-ring (bicyclic) bond motifs is 1. The van der Waals surface area contributed by atoms with Gasteiger partial charge < -0.3 is 24.7 Å². The Bertz CT molecular complexity index is 897. The zero-order chi connectivity index (χ0) is 19.7. The van der Waals surface area contributed by atoms with Crippen molar-refractivity contribution < 1.29 is 19.1 Å². The number of hydrogen-bond acceptors (Lipinski definition) is 5. The van der Waals surface area contributed by atoms with Crippen LogP contribution in [0.25, 0.3) is 11.0 Å². The topological polar surface area (TPSA) is 94.5 Å². The Kier molecular flexibility index (Phi) is 5.32. The van der Waals surface area contributed by atoms with E-state index in [9.17, 15) is 9.59 Å². The molecule has 1 aromatic carbocycles. The van der Waals surface area contributed by atoms with Crippen LogP contribution in [0, 0.1) is 0 Å². The molecule has 2 aromatic rings. The van der Waals surface area contributed by atoms with Crippen LogP contribution in [-0.2, 0) is 21.3 Å². The number of imidazole rings is 1. The lowest BCUT2D eigenvalue weighted by Gasteiger charge is -2.24. The Labute approximate surface area is 163 Å². The van der Waals surface area contributed by atoms with Gasteiger partial charge in [-0.2, -0.15) is 0 Å². The van der Waals surface area contributed by atoms with Crippen molar-refractivity contribution >= 4 is 28.5 Å². The molecule has 1 aromatic heterocycles. The van der Waals surface area contributed by atoms with E-state index in [1.54, 1.807) is 6.07 Å². The van der Waals surface area contributed by atoms with E-state index in [4.69, 9.17) is 14.5 Å². The summed E-state index contributed by atoms with van der Waals surface area (Å²) in [6, 6.07) is 3.54. The molecule has 2 fully saturated rings. The van der Waals surface area contributed by atoms with E-state index in [2.05, 4.69) is 10.6 Å². The first-order valence-electron chi connectivity index (χ1n) is 9.74. The molecule has 1 saturated carbocycles. The molecule has 0 spiro atoms. The van der Waals surface area contributed by atoms with Gasteiger partial charge in [0.1, 0.15) is 12.4 Å². The third kappa shape index (κ3) is 3.62. The van der Waals surface area contributed by atoms with Gasteiger partial charge in [0.15, 0.2) is 0 Å². The lowest BCUT2D eigenvalue weighted by atomic mass is 9.85. The average Bonchev–Trinajstić information content (AvgIpc) is 3.22. The minimum absolute atomic E-state index is 0.00798. The maximum absolute atomic E-state index is 13.0. The van der Waals surface area contributed by atoms with Crippen LogP contribution in [0.5, 0.6) is 0 Å². The summed E-state index contributed by atoms with van der Waals surface area (Å²) in [5.41, 5.74) is 2.56. The number of aryl methyl sites for hydroxylation is 1. The van der Waals surface area contributed by atoms with Crippen molar-refractivity contribution in [3.63, 3.8) is 0 Å². The van der Waals surface area contributed by atoms with Crippen molar-refractivity contribution in [1.29, 1.82) is 0 Å². The van der Waals surface area contributed by atoms with Crippen molar-refractivity contribution in [3.05, 3.63) is 23.5 Å². The van der Waals surface area contributed by atoms with Crippen molar-refractivity contribution in [1.82, 2.24) is 14.9 Å². The number of methoxy groups -OCH3 is 1. The molecule has 2 heterocycles. The molecular formula is C20H26N4O4. The van der Waals surface area contributed by atoms with Crippen molar-refractivity contribution in [3.8, 4) is 0 Å². The number of carbonyl (C=O) groups excluding carboxylic acids is 2. The number of nitrogens with one attached hydrogen (secondary N) is 2. The van der Waals surface area contributed by atoms with Gasteiger partial charge in [-0.3, -0.25) is 9.59 Å².